The van der Waals surface area contributed by atoms with Crippen molar-refractivity contribution in [2.75, 3.05) is 5.43 Å². The fourth-order valence-corrected chi connectivity index (χ4v) is 2.03. The summed E-state index contributed by atoms with van der Waals surface area (Å²) in [7, 11) is 0. The van der Waals surface area contributed by atoms with Gasteiger partial charge in [-0.2, -0.15) is 5.10 Å². The van der Waals surface area contributed by atoms with Crippen molar-refractivity contribution in [3.8, 4) is 0 Å². The Morgan fingerprint density at radius 2 is 1.95 bits per heavy atom. The predicted octanol–water partition coefficient (Wildman–Crippen LogP) is 4.32. The molecule has 0 bridgehead atoms. The van der Waals surface area contributed by atoms with Gasteiger partial charge in [0.2, 0.25) is 0 Å². The average Bonchev–Trinajstić information content (AvgIpc) is 2.49. The molecule has 2 rings (SSSR count). The fourth-order valence-electron chi connectivity index (χ4n) is 2.03. The van der Waals surface area contributed by atoms with Gasteiger partial charge >= 0.3 is 0 Å². The van der Waals surface area contributed by atoms with Gasteiger partial charge < -0.3 is 0 Å². The SMILES string of the molecule is Cc1ccc(N/N=C\C=C\c2ccccc2[N+](=O)[O-])c(C)c1. The lowest BCUT2D eigenvalue weighted by Crippen LogP contribution is -1.92. The zero-order valence-electron chi connectivity index (χ0n) is 12.5. The van der Waals surface area contributed by atoms with Crippen LogP contribution in [0.4, 0.5) is 11.4 Å². The Morgan fingerprint density at radius 1 is 1.18 bits per heavy atom. The summed E-state index contributed by atoms with van der Waals surface area (Å²) < 4.78 is 0. The molecule has 5 heteroatoms. The molecule has 0 aliphatic heterocycles. The fraction of sp³-hybridized carbons (Fsp3) is 0.118. The molecule has 0 radical (unpaired) electrons. The maximum absolute atomic E-state index is 10.9. The summed E-state index contributed by atoms with van der Waals surface area (Å²) in [5.74, 6) is 0. The van der Waals surface area contributed by atoms with Gasteiger partial charge in [-0.25, -0.2) is 0 Å². The number of benzene rings is 2. The van der Waals surface area contributed by atoms with Crippen LogP contribution in [0, 0.1) is 24.0 Å². The highest BCUT2D eigenvalue weighted by Gasteiger charge is 2.08. The number of nitrogens with one attached hydrogen (secondary N) is 1. The summed E-state index contributed by atoms with van der Waals surface area (Å²) in [4.78, 5) is 10.5. The van der Waals surface area contributed by atoms with Gasteiger partial charge in [-0.1, -0.05) is 29.8 Å². The average molecular weight is 295 g/mol. The van der Waals surface area contributed by atoms with Crippen LogP contribution in [0.3, 0.4) is 0 Å². The van der Waals surface area contributed by atoms with Gasteiger partial charge in [0, 0.05) is 12.3 Å². The highest BCUT2D eigenvalue weighted by Crippen LogP contribution is 2.18. The molecule has 0 aliphatic carbocycles. The summed E-state index contributed by atoms with van der Waals surface area (Å²) in [5, 5.41) is 15.0. The molecule has 2 aromatic rings. The number of nitro benzene ring substituents is 1. The molecule has 2 aromatic carbocycles. The molecule has 5 nitrogen and oxygen atoms in total. The minimum atomic E-state index is -0.398. The van der Waals surface area contributed by atoms with Crippen LogP contribution in [0.25, 0.3) is 6.08 Å². The number of rotatable bonds is 5. The van der Waals surface area contributed by atoms with Crippen LogP contribution in [0.5, 0.6) is 0 Å². The Bertz CT molecular complexity index is 736. The third kappa shape index (κ3) is 4.02. The van der Waals surface area contributed by atoms with Crippen molar-refractivity contribution in [3.05, 3.63) is 75.3 Å². The van der Waals surface area contributed by atoms with Crippen molar-refractivity contribution < 1.29 is 4.92 Å². The molecule has 0 aliphatic rings. The molecule has 0 spiro atoms. The van der Waals surface area contributed by atoms with E-state index in [2.05, 4.69) is 16.6 Å². The third-order valence-electron chi connectivity index (χ3n) is 3.14. The molecule has 0 aromatic heterocycles. The Hall–Kier alpha value is -2.95. The lowest BCUT2D eigenvalue weighted by molar-refractivity contribution is -0.385. The minimum Gasteiger partial charge on any atom is -0.278 e. The predicted molar refractivity (Wildman–Crippen MR) is 90.2 cm³/mol. The second kappa shape index (κ2) is 7.17. The summed E-state index contributed by atoms with van der Waals surface area (Å²) >= 11 is 0. The number of allylic oxidation sites excluding steroid dienone is 1. The lowest BCUT2D eigenvalue weighted by Gasteiger charge is -2.04. The van der Waals surface area contributed by atoms with E-state index in [0.717, 1.165) is 11.3 Å². The van der Waals surface area contributed by atoms with Crippen molar-refractivity contribution in [1.82, 2.24) is 0 Å². The minimum absolute atomic E-state index is 0.0782. The quantitative estimate of drug-likeness (QED) is 0.507. The summed E-state index contributed by atoms with van der Waals surface area (Å²) in [5.41, 5.74) is 6.81. The largest absolute Gasteiger partial charge is 0.278 e. The molecule has 112 valence electrons. The topological polar surface area (TPSA) is 67.5 Å². The van der Waals surface area contributed by atoms with Crippen LogP contribution in [0.15, 0.2) is 53.6 Å². The van der Waals surface area contributed by atoms with E-state index in [4.69, 9.17) is 0 Å². The zero-order chi connectivity index (χ0) is 15.9. The lowest BCUT2D eigenvalue weighted by atomic mass is 10.1. The van der Waals surface area contributed by atoms with E-state index >= 15 is 0 Å². The van der Waals surface area contributed by atoms with Gasteiger partial charge in [0.25, 0.3) is 5.69 Å². The number of hydrogen-bond acceptors (Lipinski definition) is 4. The Labute approximate surface area is 129 Å². The van der Waals surface area contributed by atoms with Crippen LogP contribution in [0.1, 0.15) is 16.7 Å². The smallest absolute Gasteiger partial charge is 0.276 e. The van der Waals surface area contributed by atoms with Crippen LogP contribution >= 0.6 is 0 Å². The van der Waals surface area contributed by atoms with E-state index in [1.165, 1.54) is 11.6 Å². The first kappa shape index (κ1) is 15.4. The molecule has 0 unspecified atom stereocenters. The molecule has 1 N–H and O–H groups in total. The van der Waals surface area contributed by atoms with E-state index in [1.807, 2.05) is 26.0 Å². The zero-order valence-corrected chi connectivity index (χ0v) is 12.5. The number of hydrazone groups is 1. The second-order valence-electron chi connectivity index (χ2n) is 4.88. The second-order valence-corrected chi connectivity index (χ2v) is 4.88. The maximum Gasteiger partial charge on any atom is 0.276 e. The Kier molecular flexibility index (Phi) is 5.03. The molecule has 0 saturated carbocycles. The summed E-state index contributed by atoms with van der Waals surface area (Å²) in [6, 6.07) is 12.6. The van der Waals surface area contributed by atoms with Gasteiger partial charge in [0.05, 0.1) is 16.2 Å². The van der Waals surface area contributed by atoms with Crippen molar-refractivity contribution in [3.63, 3.8) is 0 Å². The van der Waals surface area contributed by atoms with Gasteiger partial charge in [-0.3, -0.25) is 15.5 Å². The summed E-state index contributed by atoms with van der Waals surface area (Å²) in [6.45, 7) is 4.05. The molecule has 0 heterocycles. The number of anilines is 1. The van der Waals surface area contributed by atoms with Crippen LogP contribution < -0.4 is 5.43 Å². The Morgan fingerprint density at radius 3 is 2.68 bits per heavy atom. The van der Waals surface area contributed by atoms with E-state index in [1.54, 1.807) is 36.6 Å². The van der Waals surface area contributed by atoms with Crippen LogP contribution in [0.2, 0.25) is 0 Å². The Balaban J connectivity index is 2.02. The third-order valence-corrected chi connectivity index (χ3v) is 3.14. The van der Waals surface area contributed by atoms with E-state index in [9.17, 15) is 10.1 Å². The van der Waals surface area contributed by atoms with Gasteiger partial charge in [-0.05, 0) is 43.7 Å². The number of aryl methyl sites for hydroxylation is 2. The van der Waals surface area contributed by atoms with Crippen LogP contribution in [-0.2, 0) is 0 Å². The van der Waals surface area contributed by atoms with Gasteiger partial charge in [-0.15, -0.1) is 0 Å². The molecule has 0 saturated heterocycles. The number of hydrogen-bond donors (Lipinski definition) is 1. The molecule has 22 heavy (non-hydrogen) atoms. The van der Waals surface area contributed by atoms with Crippen molar-refractivity contribution in [1.29, 1.82) is 0 Å². The van der Waals surface area contributed by atoms with Gasteiger partial charge in [0.15, 0.2) is 0 Å². The number of nitro groups is 1. The molecular formula is C17H17N3O2. The first-order valence-corrected chi connectivity index (χ1v) is 6.84. The first-order chi connectivity index (χ1) is 10.6. The molecule has 0 atom stereocenters. The maximum atomic E-state index is 10.9. The number of nitrogens with zero attached hydrogens (tertiary/aromatic N) is 2. The van der Waals surface area contributed by atoms with Gasteiger partial charge in [0.1, 0.15) is 0 Å². The molecular weight excluding hydrogens is 278 g/mol. The normalized spacial score (nSPS) is 11.2. The summed E-state index contributed by atoms with van der Waals surface area (Å²) in [6.07, 6.45) is 4.89. The van der Waals surface area contributed by atoms with E-state index in [-0.39, 0.29) is 5.69 Å². The first-order valence-electron chi connectivity index (χ1n) is 6.84. The van der Waals surface area contributed by atoms with Crippen molar-refractivity contribution >= 4 is 23.7 Å². The molecule has 0 amide bonds. The van der Waals surface area contributed by atoms with E-state index in [0.29, 0.717) is 5.56 Å². The monoisotopic (exact) mass is 295 g/mol. The van der Waals surface area contributed by atoms with Crippen molar-refractivity contribution in [2.45, 2.75) is 13.8 Å². The van der Waals surface area contributed by atoms with Crippen molar-refractivity contribution in [2.24, 2.45) is 5.10 Å². The van der Waals surface area contributed by atoms with Crippen LogP contribution in [-0.4, -0.2) is 11.1 Å². The highest BCUT2D eigenvalue weighted by atomic mass is 16.6. The molecule has 0 fully saturated rings. The standard InChI is InChI=1S/C17H17N3O2/c1-13-9-10-16(14(2)12-13)19-18-11-5-7-15-6-3-4-8-17(15)20(21)22/h3-12,19H,1-2H3/b7-5+,18-11-. The highest BCUT2D eigenvalue weighted by molar-refractivity contribution is 5.80. The number of para-hydroxylation sites is 1. The van der Waals surface area contributed by atoms with E-state index < -0.39 is 4.92 Å².